The van der Waals surface area contributed by atoms with Gasteiger partial charge in [-0.2, -0.15) is 0 Å². The van der Waals surface area contributed by atoms with E-state index >= 15 is 0 Å². The molecule has 0 aromatic carbocycles. The van der Waals surface area contributed by atoms with Crippen LogP contribution in [-0.4, -0.2) is 12.8 Å². The van der Waals surface area contributed by atoms with Crippen molar-refractivity contribution < 1.29 is 0 Å². The molecule has 0 aliphatic rings. The van der Waals surface area contributed by atoms with E-state index in [2.05, 4.69) is 30.7 Å². The van der Waals surface area contributed by atoms with Gasteiger partial charge in [-0.05, 0) is 31.9 Å². The lowest BCUT2D eigenvalue weighted by Gasteiger charge is -2.13. The Bertz CT molecular complexity index is 244. The lowest BCUT2D eigenvalue weighted by molar-refractivity contribution is 0.406. The molecule has 0 amide bonds. The predicted octanol–water partition coefficient (Wildman–Crippen LogP) is 5.25. The van der Waals surface area contributed by atoms with Crippen LogP contribution in [-0.2, 0) is 0 Å². The Balaban J connectivity index is 3.47. The number of hydrogen-bond acceptors (Lipinski definition) is 1. The van der Waals surface area contributed by atoms with E-state index in [0.29, 0.717) is 6.54 Å². The third-order valence-corrected chi connectivity index (χ3v) is 3.47. The topological polar surface area (TPSA) is 12.4 Å². The van der Waals surface area contributed by atoms with Crippen molar-refractivity contribution in [1.82, 2.24) is 0 Å². The van der Waals surface area contributed by atoms with Crippen molar-refractivity contribution in [2.45, 2.75) is 78.6 Å². The van der Waals surface area contributed by atoms with Crippen molar-refractivity contribution in [2.75, 3.05) is 6.54 Å². The average Bonchev–Trinajstić information content (AvgIpc) is 2.40. The fourth-order valence-electron chi connectivity index (χ4n) is 2.19. The normalized spacial score (nSPS) is 12.4. The number of nitrogens with zero attached hydrogens (tertiary/aromatic N) is 1. The van der Waals surface area contributed by atoms with E-state index in [9.17, 15) is 0 Å². The van der Waals surface area contributed by atoms with Crippen molar-refractivity contribution in [1.29, 1.82) is 0 Å². The van der Waals surface area contributed by atoms with Gasteiger partial charge >= 0.3 is 0 Å². The second-order valence-corrected chi connectivity index (χ2v) is 5.00. The van der Waals surface area contributed by atoms with E-state index in [1.54, 1.807) is 0 Å². The summed E-state index contributed by atoms with van der Waals surface area (Å²) in [5.41, 5.74) is 0. The van der Waals surface area contributed by atoms with Gasteiger partial charge in [-0.1, -0.05) is 64.7 Å². The second kappa shape index (κ2) is 14.3. The van der Waals surface area contributed by atoms with Gasteiger partial charge in [0.2, 0.25) is 0 Å². The predicted molar refractivity (Wildman–Crippen MR) is 83.2 cm³/mol. The number of aliphatic imine (C=N–C) groups is 1. The summed E-state index contributed by atoms with van der Waals surface area (Å²) in [5.74, 6) is 6.74. The van der Waals surface area contributed by atoms with Gasteiger partial charge in [0, 0.05) is 0 Å². The highest BCUT2D eigenvalue weighted by molar-refractivity contribution is 5.57. The van der Waals surface area contributed by atoms with Crippen LogP contribution in [0, 0.1) is 17.8 Å². The molecule has 1 nitrogen and oxygen atoms in total. The fraction of sp³-hybridized carbons (Fsp3) is 0.824. The van der Waals surface area contributed by atoms with Crippen molar-refractivity contribution in [3.8, 4) is 11.8 Å². The summed E-state index contributed by atoms with van der Waals surface area (Å²) < 4.78 is 0. The summed E-state index contributed by atoms with van der Waals surface area (Å²) in [7, 11) is 0. The lowest BCUT2D eigenvalue weighted by Crippen LogP contribution is -1.99. The van der Waals surface area contributed by atoms with E-state index in [1.165, 1.54) is 51.4 Å². The van der Waals surface area contributed by atoms with Crippen LogP contribution in [0.3, 0.4) is 0 Å². The summed E-state index contributed by atoms with van der Waals surface area (Å²) in [5, 5.41) is 0. The molecule has 0 spiro atoms. The molecule has 1 unspecified atom stereocenters. The van der Waals surface area contributed by atoms with Crippen molar-refractivity contribution >= 4 is 6.21 Å². The van der Waals surface area contributed by atoms with Crippen molar-refractivity contribution in [3.05, 3.63) is 0 Å². The first-order valence-corrected chi connectivity index (χ1v) is 7.73. The van der Waals surface area contributed by atoms with E-state index in [1.807, 2.05) is 13.1 Å². The first-order valence-electron chi connectivity index (χ1n) is 7.73. The molecule has 0 saturated heterocycles. The number of unbranched alkanes of at least 4 members (excludes halogenated alkanes) is 4. The van der Waals surface area contributed by atoms with Gasteiger partial charge in [0.05, 0.1) is 6.54 Å². The zero-order valence-electron chi connectivity index (χ0n) is 12.7. The molecule has 1 heteroatoms. The van der Waals surface area contributed by atoms with Gasteiger partial charge in [0.15, 0.2) is 0 Å². The molecule has 0 aliphatic carbocycles. The molecule has 0 aromatic rings. The Hall–Kier alpha value is -0.770. The van der Waals surface area contributed by atoms with E-state index in [4.69, 9.17) is 0 Å². The summed E-state index contributed by atoms with van der Waals surface area (Å²) in [4.78, 5) is 4.27. The summed E-state index contributed by atoms with van der Waals surface area (Å²) in [6.07, 6.45) is 14.2. The Kier molecular flexibility index (Phi) is 13.7. The van der Waals surface area contributed by atoms with Crippen LogP contribution in [0.1, 0.15) is 78.6 Å². The molecule has 18 heavy (non-hydrogen) atoms. The van der Waals surface area contributed by atoms with Crippen LogP contribution in [0.4, 0.5) is 0 Å². The van der Waals surface area contributed by atoms with Gasteiger partial charge in [-0.15, -0.1) is 5.92 Å². The standard InChI is InChI=1S/C17H31N/c1-4-7-9-10-13-17(6-3)14-11-12-16-18-15-8-5-2/h16-17H,4,6-7,9-15H2,1-3H3. The highest BCUT2D eigenvalue weighted by Gasteiger charge is 2.04. The minimum atomic E-state index is 0.671. The van der Waals surface area contributed by atoms with Gasteiger partial charge < -0.3 is 0 Å². The molecular formula is C17H31N. The minimum Gasteiger partial charge on any atom is -0.285 e. The Morgan fingerprint density at radius 2 is 1.83 bits per heavy atom. The Morgan fingerprint density at radius 1 is 1.06 bits per heavy atom. The largest absolute Gasteiger partial charge is 0.285 e. The van der Waals surface area contributed by atoms with Gasteiger partial charge in [0.1, 0.15) is 0 Å². The fourth-order valence-corrected chi connectivity index (χ4v) is 2.19. The minimum absolute atomic E-state index is 0.671. The average molecular weight is 249 g/mol. The third kappa shape index (κ3) is 11.7. The maximum Gasteiger partial charge on any atom is 0.0993 e. The van der Waals surface area contributed by atoms with Crippen LogP contribution in [0.5, 0.6) is 0 Å². The molecule has 104 valence electrons. The second-order valence-electron chi connectivity index (χ2n) is 5.00. The van der Waals surface area contributed by atoms with E-state index < -0.39 is 0 Å². The molecule has 0 bridgehead atoms. The monoisotopic (exact) mass is 249 g/mol. The molecule has 0 aromatic heterocycles. The van der Waals surface area contributed by atoms with Crippen LogP contribution in [0.2, 0.25) is 0 Å². The SMILES string of the molecule is CC#CCN=CCCCC(CC)CCCCCC. The quantitative estimate of drug-likeness (QED) is 0.269. The van der Waals surface area contributed by atoms with Gasteiger partial charge in [0.25, 0.3) is 0 Å². The molecule has 0 fully saturated rings. The first-order chi connectivity index (χ1) is 8.85. The number of rotatable bonds is 11. The molecule has 0 N–H and O–H groups in total. The molecule has 0 radical (unpaired) electrons. The summed E-state index contributed by atoms with van der Waals surface area (Å²) in [6, 6.07) is 0. The maximum atomic E-state index is 4.27. The molecule has 0 aliphatic heterocycles. The van der Waals surface area contributed by atoms with Crippen LogP contribution in [0.15, 0.2) is 4.99 Å². The van der Waals surface area contributed by atoms with Gasteiger partial charge in [-0.25, -0.2) is 0 Å². The smallest absolute Gasteiger partial charge is 0.0993 e. The van der Waals surface area contributed by atoms with Crippen molar-refractivity contribution in [3.63, 3.8) is 0 Å². The van der Waals surface area contributed by atoms with Crippen LogP contribution < -0.4 is 0 Å². The Labute approximate surface area is 114 Å². The molecule has 1 atom stereocenters. The first kappa shape index (κ1) is 17.2. The highest BCUT2D eigenvalue weighted by atomic mass is 14.7. The Morgan fingerprint density at radius 3 is 2.50 bits per heavy atom. The van der Waals surface area contributed by atoms with E-state index in [0.717, 1.165) is 12.3 Å². The van der Waals surface area contributed by atoms with Crippen LogP contribution >= 0.6 is 0 Å². The zero-order chi connectivity index (χ0) is 13.5. The third-order valence-electron chi connectivity index (χ3n) is 3.47. The van der Waals surface area contributed by atoms with Crippen molar-refractivity contribution in [2.24, 2.45) is 10.9 Å². The maximum absolute atomic E-state index is 4.27. The molecular weight excluding hydrogens is 218 g/mol. The van der Waals surface area contributed by atoms with Crippen LogP contribution in [0.25, 0.3) is 0 Å². The molecule has 0 saturated carbocycles. The molecule has 0 heterocycles. The summed E-state index contributed by atoms with van der Waals surface area (Å²) >= 11 is 0. The number of hydrogen-bond donors (Lipinski definition) is 0. The molecule has 0 rings (SSSR count). The highest BCUT2D eigenvalue weighted by Crippen LogP contribution is 2.19. The van der Waals surface area contributed by atoms with Gasteiger partial charge in [-0.3, -0.25) is 4.99 Å². The van der Waals surface area contributed by atoms with E-state index in [-0.39, 0.29) is 0 Å². The summed E-state index contributed by atoms with van der Waals surface area (Å²) in [6.45, 7) is 7.14. The lowest BCUT2D eigenvalue weighted by atomic mass is 9.93. The zero-order valence-corrected chi connectivity index (χ0v) is 12.7.